The van der Waals surface area contributed by atoms with E-state index in [0.717, 1.165) is 4.47 Å². The van der Waals surface area contributed by atoms with Crippen molar-refractivity contribution in [3.8, 4) is 17.6 Å². The third kappa shape index (κ3) is 4.49. The average molecular weight is 520 g/mol. The second-order valence-corrected chi connectivity index (χ2v) is 7.66. The first kappa shape index (κ1) is 21.0. The van der Waals surface area contributed by atoms with Crippen LogP contribution in [0.4, 0.5) is 0 Å². The summed E-state index contributed by atoms with van der Waals surface area (Å²) in [5.74, 6) is 1.43. The van der Waals surface area contributed by atoms with Gasteiger partial charge in [0.2, 0.25) is 0 Å². The molecular formula is C20H16Br2N4O3. The molecule has 29 heavy (non-hydrogen) atoms. The van der Waals surface area contributed by atoms with E-state index >= 15 is 0 Å². The van der Waals surface area contributed by atoms with Crippen LogP contribution in [0, 0.1) is 11.3 Å². The van der Waals surface area contributed by atoms with Gasteiger partial charge in [0.25, 0.3) is 5.56 Å². The highest BCUT2D eigenvalue weighted by molar-refractivity contribution is 9.10. The fourth-order valence-corrected chi connectivity index (χ4v) is 3.66. The monoisotopic (exact) mass is 518 g/mol. The van der Waals surface area contributed by atoms with Crippen molar-refractivity contribution in [2.24, 2.45) is 5.10 Å². The van der Waals surface area contributed by atoms with E-state index in [0.29, 0.717) is 44.7 Å². The van der Waals surface area contributed by atoms with Crippen LogP contribution < -0.4 is 15.0 Å². The summed E-state index contributed by atoms with van der Waals surface area (Å²) in [7, 11) is 1.51. The molecule has 0 fully saturated rings. The summed E-state index contributed by atoms with van der Waals surface area (Å²) < 4.78 is 13.4. The number of fused-ring (bicyclic) bond motifs is 1. The average Bonchev–Trinajstić information content (AvgIpc) is 2.72. The van der Waals surface area contributed by atoms with Crippen molar-refractivity contribution in [2.75, 3.05) is 13.7 Å². The van der Waals surface area contributed by atoms with E-state index in [1.165, 1.54) is 11.8 Å². The molecule has 1 aromatic heterocycles. The first-order valence-corrected chi connectivity index (χ1v) is 10.2. The second kappa shape index (κ2) is 9.20. The molecule has 0 spiro atoms. The van der Waals surface area contributed by atoms with E-state index in [1.54, 1.807) is 30.5 Å². The van der Waals surface area contributed by atoms with E-state index in [-0.39, 0.29) is 12.2 Å². The Morgan fingerprint density at radius 1 is 1.31 bits per heavy atom. The van der Waals surface area contributed by atoms with Crippen LogP contribution in [0.2, 0.25) is 0 Å². The maximum absolute atomic E-state index is 12.9. The highest BCUT2D eigenvalue weighted by atomic mass is 79.9. The highest BCUT2D eigenvalue weighted by Gasteiger charge is 2.12. The summed E-state index contributed by atoms with van der Waals surface area (Å²) >= 11 is 6.80. The minimum atomic E-state index is -0.246. The van der Waals surface area contributed by atoms with Gasteiger partial charge in [-0.1, -0.05) is 22.9 Å². The van der Waals surface area contributed by atoms with E-state index in [2.05, 4.69) is 41.9 Å². The van der Waals surface area contributed by atoms with Gasteiger partial charge >= 0.3 is 0 Å². The molecule has 0 aliphatic heterocycles. The quantitative estimate of drug-likeness (QED) is 0.453. The lowest BCUT2D eigenvalue weighted by molar-refractivity contribution is 0.327. The third-order valence-corrected chi connectivity index (χ3v) is 5.13. The molecule has 0 amide bonds. The molecule has 0 atom stereocenters. The molecule has 148 valence electrons. The van der Waals surface area contributed by atoms with Crippen LogP contribution in [0.15, 0.2) is 49.2 Å². The van der Waals surface area contributed by atoms with Gasteiger partial charge in [-0.15, -0.1) is 0 Å². The number of ether oxygens (including phenoxy) is 2. The lowest BCUT2D eigenvalue weighted by Crippen LogP contribution is -2.22. The largest absolute Gasteiger partial charge is 0.493 e. The summed E-state index contributed by atoms with van der Waals surface area (Å²) in [4.78, 5) is 17.5. The summed E-state index contributed by atoms with van der Waals surface area (Å²) in [5.41, 5.74) is 1.07. The lowest BCUT2D eigenvalue weighted by atomic mass is 10.2. The molecule has 0 saturated carbocycles. The fraction of sp³-hybridized carbons (Fsp3) is 0.200. The standard InChI is InChI=1S/C20H16Br2N4O3/c1-3-18-25-16-5-4-13(21)10-14(16)20(27)26(18)24-11-12-8-15(22)19(29-7-6-23)17(9-12)28-2/h4-5,8-11H,3,7H2,1-2H3. The summed E-state index contributed by atoms with van der Waals surface area (Å²) in [6, 6.07) is 10.8. The Hall–Kier alpha value is -2.70. The Morgan fingerprint density at radius 3 is 2.79 bits per heavy atom. The first-order chi connectivity index (χ1) is 14.0. The smallest absolute Gasteiger partial charge is 0.282 e. The van der Waals surface area contributed by atoms with Gasteiger partial charge in [0.05, 0.1) is 28.7 Å². The molecule has 0 saturated heterocycles. The molecule has 1 heterocycles. The van der Waals surface area contributed by atoms with E-state index < -0.39 is 0 Å². The lowest BCUT2D eigenvalue weighted by Gasteiger charge is -2.11. The fourth-order valence-electron chi connectivity index (χ4n) is 2.73. The topological polar surface area (TPSA) is 89.5 Å². The first-order valence-electron chi connectivity index (χ1n) is 8.61. The van der Waals surface area contributed by atoms with Crippen LogP contribution in [0.1, 0.15) is 18.3 Å². The molecule has 0 aliphatic rings. The van der Waals surface area contributed by atoms with Crippen molar-refractivity contribution < 1.29 is 9.47 Å². The van der Waals surface area contributed by atoms with Crippen LogP contribution in [-0.4, -0.2) is 29.6 Å². The summed E-state index contributed by atoms with van der Waals surface area (Å²) in [6.45, 7) is 1.81. The van der Waals surface area contributed by atoms with Gasteiger partial charge in [0, 0.05) is 10.9 Å². The second-order valence-electron chi connectivity index (χ2n) is 5.89. The molecule has 2 aromatic carbocycles. The van der Waals surface area contributed by atoms with Gasteiger partial charge in [-0.25, -0.2) is 4.98 Å². The normalized spacial score (nSPS) is 11.0. The SMILES string of the molecule is CCc1nc2ccc(Br)cc2c(=O)n1N=Cc1cc(Br)c(OCC#N)c(OC)c1. The van der Waals surface area contributed by atoms with Crippen LogP contribution >= 0.6 is 31.9 Å². The van der Waals surface area contributed by atoms with Gasteiger partial charge < -0.3 is 9.47 Å². The Balaban J connectivity index is 2.07. The number of benzene rings is 2. The minimum absolute atomic E-state index is 0.101. The molecule has 9 heteroatoms. The van der Waals surface area contributed by atoms with E-state index in [9.17, 15) is 4.79 Å². The summed E-state index contributed by atoms with van der Waals surface area (Å²) in [5, 5.41) is 13.6. The predicted molar refractivity (Wildman–Crippen MR) is 118 cm³/mol. The van der Waals surface area contributed by atoms with Gasteiger partial charge in [-0.2, -0.15) is 15.0 Å². The number of halogens is 2. The maximum Gasteiger partial charge on any atom is 0.282 e. The molecule has 0 N–H and O–H groups in total. The van der Waals surface area contributed by atoms with Crippen LogP contribution in [0.3, 0.4) is 0 Å². The van der Waals surface area contributed by atoms with Crippen molar-refractivity contribution in [1.29, 1.82) is 5.26 Å². The zero-order valence-corrected chi connectivity index (χ0v) is 18.8. The zero-order valence-electron chi connectivity index (χ0n) is 15.6. The molecule has 7 nitrogen and oxygen atoms in total. The number of aryl methyl sites for hydroxylation is 1. The number of aromatic nitrogens is 2. The Bertz CT molecular complexity index is 1200. The highest BCUT2D eigenvalue weighted by Crippen LogP contribution is 2.36. The molecule has 3 rings (SSSR count). The minimum Gasteiger partial charge on any atom is -0.493 e. The van der Waals surface area contributed by atoms with Crippen molar-refractivity contribution in [2.45, 2.75) is 13.3 Å². The summed E-state index contributed by atoms with van der Waals surface area (Å²) in [6.07, 6.45) is 2.10. The number of nitrogens with zero attached hydrogens (tertiary/aromatic N) is 4. The van der Waals surface area contributed by atoms with Crippen molar-refractivity contribution >= 4 is 49.0 Å². The molecular weight excluding hydrogens is 504 g/mol. The van der Waals surface area contributed by atoms with Gasteiger partial charge in [-0.05, 0) is 51.8 Å². The maximum atomic E-state index is 12.9. The Labute approximate surface area is 183 Å². The van der Waals surface area contributed by atoms with Gasteiger partial charge in [0.15, 0.2) is 18.1 Å². The van der Waals surface area contributed by atoms with E-state index in [1.807, 2.05) is 19.1 Å². The van der Waals surface area contributed by atoms with Crippen molar-refractivity contribution in [1.82, 2.24) is 9.66 Å². The van der Waals surface area contributed by atoms with Gasteiger partial charge in [-0.3, -0.25) is 4.79 Å². The van der Waals surface area contributed by atoms with Crippen LogP contribution in [-0.2, 0) is 6.42 Å². The molecule has 0 unspecified atom stereocenters. The van der Waals surface area contributed by atoms with Crippen molar-refractivity contribution in [3.05, 3.63) is 61.0 Å². The Kier molecular flexibility index (Phi) is 6.67. The zero-order chi connectivity index (χ0) is 21.0. The number of hydrogen-bond donors (Lipinski definition) is 0. The molecule has 0 bridgehead atoms. The van der Waals surface area contributed by atoms with Crippen LogP contribution in [0.25, 0.3) is 10.9 Å². The molecule has 3 aromatic rings. The van der Waals surface area contributed by atoms with Gasteiger partial charge in [0.1, 0.15) is 11.9 Å². The predicted octanol–water partition coefficient (Wildman–Crippen LogP) is 4.28. The van der Waals surface area contributed by atoms with Crippen molar-refractivity contribution in [3.63, 3.8) is 0 Å². The number of methoxy groups -OCH3 is 1. The number of hydrogen-bond acceptors (Lipinski definition) is 6. The molecule has 0 aliphatic carbocycles. The number of nitriles is 1. The number of rotatable bonds is 6. The molecule has 0 radical (unpaired) electrons. The Morgan fingerprint density at radius 2 is 2.10 bits per heavy atom. The van der Waals surface area contributed by atoms with E-state index in [4.69, 9.17) is 14.7 Å². The third-order valence-electron chi connectivity index (χ3n) is 4.05. The van der Waals surface area contributed by atoms with Crippen LogP contribution in [0.5, 0.6) is 11.5 Å².